The first kappa shape index (κ1) is 17.8. The van der Waals surface area contributed by atoms with E-state index in [1.54, 1.807) is 29.3 Å². The summed E-state index contributed by atoms with van der Waals surface area (Å²) < 4.78 is 4.87. The van der Waals surface area contributed by atoms with Gasteiger partial charge in [0.05, 0.1) is 5.56 Å². The number of rotatable bonds is 6. The number of ether oxygens (including phenoxy) is 1. The van der Waals surface area contributed by atoms with Crippen LogP contribution in [-0.4, -0.2) is 24.7 Å². The van der Waals surface area contributed by atoms with E-state index in [-0.39, 0.29) is 0 Å². The lowest BCUT2D eigenvalue weighted by Gasteiger charge is -2.03. The van der Waals surface area contributed by atoms with Gasteiger partial charge >= 0.3 is 5.97 Å². The third kappa shape index (κ3) is 5.26. The second-order valence-electron chi connectivity index (χ2n) is 4.54. The fraction of sp³-hybridized carbons (Fsp3) is 0.118. The molecule has 0 saturated heterocycles. The molecular weight excluding hydrogens is 344 g/mol. The van der Waals surface area contributed by atoms with E-state index in [0.717, 1.165) is 10.5 Å². The Morgan fingerprint density at radius 1 is 1.33 bits per heavy atom. The zero-order valence-electron chi connectivity index (χ0n) is 12.8. The van der Waals surface area contributed by atoms with E-state index >= 15 is 0 Å². The molecule has 0 atom stereocenters. The van der Waals surface area contributed by atoms with Crippen molar-refractivity contribution in [2.75, 3.05) is 18.2 Å². The summed E-state index contributed by atoms with van der Waals surface area (Å²) in [5.74, 6) is -1.09. The molecule has 122 valence electrons. The maximum atomic E-state index is 11.7. The Hall–Kier alpha value is -2.56. The number of nitriles is 1. The molecule has 5 nitrogen and oxygen atoms in total. The Labute approximate surface area is 147 Å². The van der Waals surface area contributed by atoms with Crippen molar-refractivity contribution in [3.05, 3.63) is 52.9 Å². The quantitative estimate of drug-likeness (QED) is 0.485. The predicted molar refractivity (Wildman–Crippen MR) is 95.9 cm³/mol. The van der Waals surface area contributed by atoms with Crippen molar-refractivity contribution in [3.8, 4) is 6.07 Å². The van der Waals surface area contributed by atoms with Crippen LogP contribution in [0.3, 0.4) is 0 Å². The second-order valence-corrected chi connectivity index (χ2v) is 6.33. The van der Waals surface area contributed by atoms with Crippen molar-refractivity contribution in [3.63, 3.8) is 0 Å². The minimum atomic E-state index is -0.606. The number of amides is 1. The van der Waals surface area contributed by atoms with Gasteiger partial charge in [0.2, 0.25) is 0 Å². The Morgan fingerprint density at radius 2 is 2.08 bits per heavy atom. The summed E-state index contributed by atoms with van der Waals surface area (Å²) in [6.07, 6.45) is 4.88. The van der Waals surface area contributed by atoms with Crippen molar-refractivity contribution >= 4 is 46.1 Å². The van der Waals surface area contributed by atoms with Crippen LogP contribution in [0.1, 0.15) is 11.1 Å². The van der Waals surface area contributed by atoms with E-state index in [2.05, 4.69) is 5.32 Å². The van der Waals surface area contributed by atoms with Gasteiger partial charge in [-0.05, 0) is 41.5 Å². The van der Waals surface area contributed by atoms with Crippen LogP contribution in [0.25, 0.3) is 6.08 Å². The molecule has 7 heteroatoms. The van der Waals surface area contributed by atoms with Crippen LogP contribution in [0.2, 0.25) is 0 Å². The number of carbonyl (C=O) groups excluding carboxylic acids is 2. The standard InChI is InChI=1S/C17H14N2O3S2/c1-23-14-5-2-12(3-6-14)4-7-16(21)22-11-15(20)19-17-13(10-18)8-9-24-17/h2-9H,11H2,1H3,(H,19,20)/b7-4+. The van der Waals surface area contributed by atoms with E-state index in [9.17, 15) is 9.59 Å². The van der Waals surface area contributed by atoms with Crippen LogP contribution in [-0.2, 0) is 14.3 Å². The van der Waals surface area contributed by atoms with Gasteiger partial charge in [-0.15, -0.1) is 23.1 Å². The number of thiophene rings is 1. The molecule has 0 aliphatic carbocycles. The van der Waals surface area contributed by atoms with Crippen molar-refractivity contribution in [1.82, 2.24) is 0 Å². The molecule has 24 heavy (non-hydrogen) atoms. The first-order valence-electron chi connectivity index (χ1n) is 6.88. The number of benzene rings is 1. The highest BCUT2D eigenvalue weighted by atomic mass is 32.2. The van der Waals surface area contributed by atoms with E-state index < -0.39 is 18.5 Å². The van der Waals surface area contributed by atoms with E-state index in [4.69, 9.17) is 10.00 Å². The largest absolute Gasteiger partial charge is 0.452 e. The maximum Gasteiger partial charge on any atom is 0.331 e. The van der Waals surface area contributed by atoms with Gasteiger partial charge in [-0.2, -0.15) is 5.26 Å². The van der Waals surface area contributed by atoms with Crippen LogP contribution in [0.5, 0.6) is 0 Å². The monoisotopic (exact) mass is 358 g/mol. The fourth-order valence-corrected chi connectivity index (χ4v) is 2.88. The number of hydrogen-bond acceptors (Lipinski definition) is 6. The number of anilines is 1. The Balaban J connectivity index is 1.80. The molecule has 0 unspecified atom stereocenters. The van der Waals surface area contributed by atoms with Gasteiger partial charge in [-0.3, -0.25) is 4.79 Å². The lowest BCUT2D eigenvalue weighted by Crippen LogP contribution is -2.19. The smallest absolute Gasteiger partial charge is 0.331 e. The summed E-state index contributed by atoms with van der Waals surface area (Å²) in [4.78, 5) is 24.5. The molecule has 0 radical (unpaired) electrons. The molecule has 1 aromatic carbocycles. The molecule has 1 amide bonds. The number of nitrogens with zero attached hydrogens (tertiary/aromatic N) is 1. The van der Waals surface area contributed by atoms with Gasteiger partial charge in [0.1, 0.15) is 11.1 Å². The van der Waals surface area contributed by atoms with Crippen molar-refractivity contribution in [2.45, 2.75) is 4.90 Å². The molecule has 0 fully saturated rings. The number of carbonyl (C=O) groups is 2. The topological polar surface area (TPSA) is 79.2 Å². The van der Waals surface area contributed by atoms with Crippen LogP contribution in [0.4, 0.5) is 5.00 Å². The molecule has 1 N–H and O–H groups in total. The van der Waals surface area contributed by atoms with E-state index in [1.165, 1.54) is 17.4 Å². The van der Waals surface area contributed by atoms with Crippen LogP contribution in [0, 0.1) is 11.3 Å². The summed E-state index contributed by atoms with van der Waals surface area (Å²) in [5.41, 5.74) is 1.25. The Bertz CT molecular complexity index is 789. The maximum absolute atomic E-state index is 11.7. The summed E-state index contributed by atoms with van der Waals surface area (Å²) in [6.45, 7) is -0.405. The average molecular weight is 358 g/mol. The molecule has 1 heterocycles. The van der Waals surface area contributed by atoms with E-state index in [1.807, 2.05) is 36.6 Å². The van der Waals surface area contributed by atoms with Crippen molar-refractivity contribution < 1.29 is 14.3 Å². The first-order valence-corrected chi connectivity index (χ1v) is 8.99. The van der Waals surface area contributed by atoms with Gasteiger partial charge in [0.25, 0.3) is 5.91 Å². The van der Waals surface area contributed by atoms with Crippen LogP contribution in [0.15, 0.2) is 46.7 Å². The average Bonchev–Trinajstić information content (AvgIpc) is 3.05. The van der Waals surface area contributed by atoms with Crippen LogP contribution >= 0.6 is 23.1 Å². The lowest BCUT2D eigenvalue weighted by molar-refractivity contribution is -0.142. The minimum absolute atomic E-state index is 0.383. The molecule has 0 spiro atoms. The highest BCUT2D eigenvalue weighted by Crippen LogP contribution is 2.21. The third-order valence-electron chi connectivity index (χ3n) is 2.91. The van der Waals surface area contributed by atoms with E-state index in [0.29, 0.717) is 10.6 Å². The molecule has 2 aromatic rings. The van der Waals surface area contributed by atoms with Gasteiger partial charge in [-0.1, -0.05) is 12.1 Å². The number of esters is 1. The normalized spacial score (nSPS) is 10.3. The Kier molecular flexibility index (Phi) is 6.61. The summed E-state index contributed by atoms with van der Waals surface area (Å²) >= 11 is 2.87. The summed E-state index contributed by atoms with van der Waals surface area (Å²) in [7, 11) is 0. The van der Waals surface area contributed by atoms with Gasteiger partial charge in [0, 0.05) is 11.0 Å². The zero-order chi connectivity index (χ0) is 17.4. The molecule has 1 aromatic heterocycles. The fourth-order valence-electron chi connectivity index (χ4n) is 1.72. The molecule has 0 saturated carbocycles. The third-order valence-corrected chi connectivity index (χ3v) is 4.49. The van der Waals surface area contributed by atoms with Crippen molar-refractivity contribution in [1.29, 1.82) is 5.26 Å². The molecule has 0 aliphatic heterocycles. The number of hydrogen-bond donors (Lipinski definition) is 1. The van der Waals surface area contributed by atoms with Gasteiger partial charge in [0.15, 0.2) is 6.61 Å². The highest BCUT2D eigenvalue weighted by molar-refractivity contribution is 7.98. The SMILES string of the molecule is CSc1ccc(/C=C/C(=O)OCC(=O)Nc2sccc2C#N)cc1. The molecule has 0 bridgehead atoms. The van der Waals surface area contributed by atoms with Crippen molar-refractivity contribution in [2.24, 2.45) is 0 Å². The second kappa shape index (κ2) is 8.91. The number of nitrogens with one attached hydrogen (secondary N) is 1. The number of thioether (sulfide) groups is 1. The molecule has 2 rings (SSSR count). The molecule has 0 aliphatic rings. The first-order chi connectivity index (χ1) is 11.6. The summed E-state index contributed by atoms with van der Waals surface area (Å²) in [5, 5.41) is 13.5. The summed E-state index contributed by atoms with van der Waals surface area (Å²) in [6, 6.07) is 11.3. The Morgan fingerprint density at radius 3 is 2.75 bits per heavy atom. The van der Waals surface area contributed by atoms with Gasteiger partial charge in [-0.25, -0.2) is 4.79 Å². The zero-order valence-corrected chi connectivity index (χ0v) is 14.4. The van der Waals surface area contributed by atoms with Gasteiger partial charge < -0.3 is 10.1 Å². The predicted octanol–water partition coefficient (Wildman–Crippen LogP) is 3.54. The minimum Gasteiger partial charge on any atom is -0.452 e. The van der Waals surface area contributed by atoms with Crippen LogP contribution < -0.4 is 5.32 Å². The molecular formula is C17H14N2O3S2. The lowest BCUT2D eigenvalue weighted by atomic mass is 10.2. The highest BCUT2D eigenvalue weighted by Gasteiger charge is 2.09.